The smallest absolute Gasteiger partial charge is 0.128 e. The van der Waals surface area contributed by atoms with E-state index in [1.165, 1.54) is 25.8 Å². The summed E-state index contributed by atoms with van der Waals surface area (Å²) in [5.41, 5.74) is 5.09. The van der Waals surface area contributed by atoms with Crippen LogP contribution in [-0.4, -0.2) is 60.6 Å². The summed E-state index contributed by atoms with van der Waals surface area (Å²) in [4.78, 5) is 12.3. The number of aromatic nitrogens is 1. The molecule has 0 spiro atoms. The molecule has 1 N–H and O–H groups in total. The Labute approximate surface area is 223 Å². The zero-order valence-corrected chi connectivity index (χ0v) is 23.6. The molecule has 37 heavy (non-hydrogen) atoms. The Morgan fingerprint density at radius 2 is 1.78 bits per heavy atom. The van der Waals surface area contributed by atoms with Gasteiger partial charge in [-0.1, -0.05) is 47.1 Å². The van der Waals surface area contributed by atoms with Crippen LogP contribution in [0, 0.1) is 11.7 Å². The van der Waals surface area contributed by atoms with Crippen LogP contribution >= 0.6 is 0 Å². The normalized spacial score (nSPS) is 21.6. The number of benzene rings is 1. The molecular formula is C31H46FN5. The van der Waals surface area contributed by atoms with Crippen molar-refractivity contribution in [1.82, 2.24) is 14.8 Å². The second-order valence-electron chi connectivity index (χ2n) is 10.3. The number of halogens is 1. The van der Waals surface area contributed by atoms with E-state index in [2.05, 4.69) is 52.1 Å². The molecule has 0 radical (unpaired) electrons. The number of rotatable bonds is 7. The lowest BCUT2D eigenvalue weighted by molar-refractivity contribution is 0.258. The van der Waals surface area contributed by atoms with Gasteiger partial charge < -0.3 is 15.1 Å². The Hall–Kier alpha value is -2.60. The lowest BCUT2D eigenvalue weighted by Crippen LogP contribution is -2.46. The van der Waals surface area contributed by atoms with E-state index in [-0.39, 0.29) is 11.9 Å². The number of likely N-dealkylation sites (tertiary alicyclic amines) is 1. The SMILES string of the molecule is CC.CCCN1CCN(c2ccc(C3C=C(N4CCC(CC)C4)c4cc(F)c(CC)cc4N3)cn2)CC1. The molecular weight excluding hydrogens is 461 g/mol. The first-order valence-electron chi connectivity index (χ1n) is 14.6. The minimum Gasteiger partial charge on any atom is -0.374 e. The Balaban J connectivity index is 0.00000156. The number of fused-ring (bicyclic) bond motifs is 1. The lowest BCUT2D eigenvalue weighted by atomic mass is 9.95. The fourth-order valence-corrected chi connectivity index (χ4v) is 5.80. The third-order valence-electron chi connectivity index (χ3n) is 8.05. The van der Waals surface area contributed by atoms with Crippen LogP contribution in [0.1, 0.15) is 76.6 Å². The van der Waals surface area contributed by atoms with Crippen LogP contribution in [0.5, 0.6) is 0 Å². The van der Waals surface area contributed by atoms with Crippen molar-refractivity contribution in [2.75, 3.05) is 56.0 Å². The Morgan fingerprint density at radius 1 is 1.00 bits per heavy atom. The van der Waals surface area contributed by atoms with Crippen molar-refractivity contribution in [2.45, 2.75) is 66.3 Å². The van der Waals surface area contributed by atoms with Gasteiger partial charge in [-0.15, -0.1) is 0 Å². The molecule has 5 rings (SSSR count). The average molecular weight is 508 g/mol. The number of hydrogen-bond acceptors (Lipinski definition) is 5. The van der Waals surface area contributed by atoms with Crippen LogP contribution in [0.3, 0.4) is 0 Å². The first-order valence-corrected chi connectivity index (χ1v) is 14.6. The highest BCUT2D eigenvalue weighted by Gasteiger charge is 2.30. The average Bonchev–Trinajstić information content (AvgIpc) is 3.43. The number of aryl methyl sites for hydroxylation is 1. The van der Waals surface area contributed by atoms with E-state index >= 15 is 0 Å². The van der Waals surface area contributed by atoms with Gasteiger partial charge >= 0.3 is 0 Å². The van der Waals surface area contributed by atoms with Gasteiger partial charge in [0.15, 0.2) is 0 Å². The van der Waals surface area contributed by atoms with Gasteiger partial charge in [-0.05, 0) is 67.1 Å². The molecule has 3 aliphatic heterocycles. The molecule has 2 fully saturated rings. The number of hydrogen-bond donors (Lipinski definition) is 1. The van der Waals surface area contributed by atoms with Crippen molar-refractivity contribution in [3.63, 3.8) is 0 Å². The quantitative estimate of drug-likeness (QED) is 0.458. The molecule has 2 atom stereocenters. The Kier molecular flexibility index (Phi) is 9.47. The van der Waals surface area contributed by atoms with Gasteiger partial charge in [0.1, 0.15) is 11.6 Å². The molecule has 1 aromatic carbocycles. The standard InChI is InChI=1S/C29H40FN5.C2H6/c1-4-10-33-12-14-34(15-13-33)29-8-7-23(19-31-29)26-18-28(35-11-9-21(5-2)20-35)24-17-25(30)22(6-3)16-27(24)32-26;1-2/h7-8,16-19,21,26,32H,4-6,9-15,20H2,1-3H3;1-2H3. The van der Waals surface area contributed by atoms with E-state index in [1.807, 2.05) is 33.0 Å². The van der Waals surface area contributed by atoms with Crippen molar-refractivity contribution in [1.29, 1.82) is 0 Å². The number of nitrogens with zero attached hydrogens (tertiary/aromatic N) is 4. The second-order valence-corrected chi connectivity index (χ2v) is 10.3. The van der Waals surface area contributed by atoms with Gasteiger partial charge in [-0.3, -0.25) is 4.90 Å². The number of piperazine rings is 1. The van der Waals surface area contributed by atoms with Crippen LogP contribution in [0.2, 0.25) is 0 Å². The zero-order valence-electron chi connectivity index (χ0n) is 23.6. The summed E-state index contributed by atoms with van der Waals surface area (Å²) in [5, 5.41) is 3.68. The van der Waals surface area contributed by atoms with E-state index in [9.17, 15) is 4.39 Å². The molecule has 202 valence electrons. The molecule has 0 aliphatic carbocycles. The maximum absolute atomic E-state index is 14.8. The summed E-state index contributed by atoms with van der Waals surface area (Å²) < 4.78 is 14.8. The highest BCUT2D eigenvalue weighted by molar-refractivity contribution is 5.80. The molecule has 0 saturated carbocycles. The summed E-state index contributed by atoms with van der Waals surface area (Å²) in [6, 6.07) is 8.15. The monoisotopic (exact) mass is 507 g/mol. The third kappa shape index (κ3) is 6.11. The third-order valence-corrected chi connectivity index (χ3v) is 8.05. The van der Waals surface area contributed by atoms with E-state index in [4.69, 9.17) is 4.98 Å². The van der Waals surface area contributed by atoms with Crippen LogP contribution < -0.4 is 10.2 Å². The van der Waals surface area contributed by atoms with Crippen LogP contribution in [0.4, 0.5) is 15.9 Å². The highest BCUT2D eigenvalue weighted by atomic mass is 19.1. The predicted octanol–water partition coefficient (Wildman–Crippen LogP) is 6.58. The molecule has 6 heteroatoms. The Morgan fingerprint density at radius 3 is 2.41 bits per heavy atom. The van der Waals surface area contributed by atoms with E-state index in [1.54, 1.807) is 6.07 Å². The number of nitrogens with one attached hydrogen (secondary N) is 1. The minimum atomic E-state index is -0.103. The second kappa shape index (κ2) is 12.8. The van der Waals surface area contributed by atoms with Gasteiger partial charge in [-0.25, -0.2) is 9.37 Å². The maximum Gasteiger partial charge on any atom is 0.128 e. The summed E-state index contributed by atoms with van der Waals surface area (Å²) >= 11 is 0. The van der Waals surface area contributed by atoms with Gasteiger partial charge in [0.2, 0.25) is 0 Å². The molecule has 0 bridgehead atoms. The molecule has 3 aliphatic rings. The summed E-state index contributed by atoms with van der Waals surface area (Å²) in [6.45, 7) is 18.1. The predicted molar refractivity (Wildman–Crippen MR) is 155 cm³/mol. The number of pyridine rings is 1. The first-order chi connectivity index (χ1) is 18.1. The molecule has 0 amide bonds. The molecule has 1 aromatic heterocycles. The van der Waals surface area contributed by atoms with Crippen LogP contribution in [0.15, 0.2) is 36.5 Å². The molecule has 5 nitrogen and oxygen atoms in total. The van der Waals surface area contributed by atoms with E-state index < -0.39 is 0 Å². The molecule has 2 unspecified atom stereocenters. The van der Waals surface area contributed by atoms with Crippen LogP contribution in [-0.2, 0) is 6.42 Å². The zero-order chi connectivity index (χ0) is 26.4. The molecule has 4 heterocycles. The summed E-state index contributed by atoms with van der Waals surface area (Å²) in [7, 11) is 0. The fourth-order valence-electron chi connectivity index (χ4n) is 5.80. The lowest BCUT2D eigenvalue weighted by Gasteiger charge is -2.35. The van der Waals surface area contributed by atoms with Gasteiger partial charge in [0.25, 0.3) is 0 Å². The fraction of sp³-hybridized carbons (Fsp3) is 0.581. The van der Waals surface area contributed by atoms with Gasteiger partial charge in [0, 0.05) is 62.4 Å². The first kappa shape index (κ1) is 27.4. The van der Waals surface area contributed by atoms with Crippen molar-refractivity contribution in [3.05, 3.63) is 59.0 Å². The highest BCUT2D eigenvalue weighted by Crippen LogP contribution is 2.40. The van der Waals surface area contributed by atoms with Gasteiger partial charge in [0.05, 0.1) is 6.04 Å². The van der Waals surface area contributed by atoms with E-state index in [0.29, 0.717) is 12.3 Å². The van der Waals surface area contributed by atoms with Crippen molar-refractivity contribution >= 4 is 17.2 Å². The van der Waals surface area contributed by atoms with Crippen molar-refractivity contribution < 1.29 is 4.39 Å². The maximum atomic E-state index is 14.8. The molecule has 2 saturated heterocycles. The van der Waals surface area contributed by atoms with Gasteiger partial charge in [-0.2, -0.15) is 0 Å². The topological polar surface area (TPSA) is 34.6 Å². The Bertz CT molecular complexity index is 1040. The minimum absolute atomic E-state index is 0.0243. The largest absolute Gasteiger partial charge is 0.374 e. The van der Waals surface area contributed by atoms with Crippen molar-refractivity contribution in [3.8, 4) is 0 Å². The van der Waals surface area contributed by atoms with Crippen LogP contribution in [0.25, 0.3) is 5.70 Å². The van der Waals surface area contributed by atoms with E-state index in [0.717, 1.165) is 73.2 Å². The van der Waals surface area contributed by atoms with Crippen molar-refractivity contribution in [2.24, 2.45) is 5.92 Å². The molecule has 2 aromatic rings. The summed E-state index contributed by atoms with van der Waals surface area (Å²) in [5.74, 6) is 1.67. The summed E-state index contributed by atoms with van der Waals surface area (Å²) in [6.07, 6.45) is 8.61. The number of anilines is 2.